The second-order valence-corrected chi connectivity index (χ2v) is 3.37. The van der Waals surface area contributed by atoms with Gasteiger partial charge in [-0.15, -0.1) is 0 Å². The predicted octanol–water partition coefficient (Wildman–Crippen LogP) is 2.57. The fraction of sp³-hybridized carbons (Fsp3) is 0.182. The molecule has 0 aliphatic carbocycles. The highest BCUT2D eigenvalue weighted by atomic mass is 16.6. The van der Waals surface area contributed by atoms with Crippen molar-refractivity contribution in [1.82, 2.24) is 4.98 Å². The summed E-state index contributed by atoms with van der Waals surface area (Å²) in [5, 5.41) is 10.9. The van der Waals surface area contributed by atoms with E-state index >= 15 is 0 Å². The SMILES string of the molecule is COc1c(-c2coc(C)n2)cccc1[N+](=O)[O-]. The van der Waals surface area contributed by atoms with Crippen molar-refractivity contribution in [2.24, 2.45) is 0 Å². The minimum Gasteiger partial charge on any atom is -0.490 e. The van der Waals surface area contributed by atoms with Crippen LogP contribution in [0.1, 0.15) is 5.89 Å². The lowest BCUT2D eigenvalue weighted by Crippen LogP contribution is -1.95. The molecule has 0 amide bonds. The first-order valence-corrected chi connectivity index (χ1v) is 4.87. The fourth-order valence-corrected chi connectivity index (χ4v) is 1.57. The molecule has 2 rings (SSSR count). The van der Waals surface area contributed by atoms with Gasteiger partial charge in [-0.25, -0.2) is 4.98 Å². The largest absolute Gasteiger partial charge is 0.490 e. The number of benzene rings is 1. The van der Waals surface area contributed by atoms with Crippen LogP contribution in [0, 0.1) is 17.0 Å². The third kappa shape index (κ3) is 1.96. The number of hydrogen-bond acceptors (Lipinski definition) is 5. The summed E-state index contributed by atoms with van der Waals surface area (Å²) in [5.41, 5.74) is 0.965. The van der Waals surface area contributed by atoms with Gasteiger partial charge in [-0.05, 0) is 6.07 Å². The highest BCUT2D eigenvalue weighted by Crippen LogP contribution is 2.36. The molecular formula is C11H10N2O4. The lowest BCUT2D eigenvalue weighted by atomic mass is 10.1. The van der Waals surface area contributed by atoms with Crippen molar-refractivity contribution in [3.63, 3.8) is 0 Å². The van der Waals surface area contributed by atoms with Crippen molar-refractivity contribution < 1.29 is 14.1 Å². The van der Waals surface area contributed by atoms with Gasteiger partial charge in [0.1, 0.15) is 12.0 Å². The van der Waals surface area contributed by atoms with E-state index in [1.807, 2.05) is 0 Å². The Hall–Kier alpha value is -2.37. The minimum absolute atomic E-state index is 0.0920. The maximum Gasteiger partial charge on any atom is 0.311 e. The summed E-state index contributed by atoms with van der Waals surface area (Å²) in [6, 6.07) is 4.67. The number of nitrogens with zero attached hydrogens (tertiary/aromatic N) is 2. The number of rotatable bonds is 3. The van der Waals surface area contributed by atoms with Gasteiger partial charge in [0.05, 0.1) is 17.6 Å². The Morgan fingerprint density at radius 1 is 1.47 bits per heavy atom. The molecule has 0 bridgehead atoms. The third-order valence-corrected chi connectivity index (χ3v) is 2.29. The quantitative estimate of drug-likeness (QED) is 0.602. The zero-order chi connectivity index (χ0) is 12.4. The van der Waals surface area contributed by atoms with Gasteiger partial charge in [-0.1, -0.05) is 6.07 Å². The predicted molar refractivity (Wildman–Crippen MR) is 59.9 cm³/mol. The highest BCUT2D eigenvalue weighted by molar-refractivity contribution is 5.72. The van der Waals surface area contributed by atoms with Gasteiger partial charge in [-0.3, -0.25) is 10.1 Å². The number of aryl methyl sites for hydroxylation is 1. The zero-order valence-electron chi connectivity index (χ0n) is 9.34. The molecule has 1 heterocycles. The molecule has 2 aromatic rings. The Labute approximate surface area is 97.0 Å². The third-order valence-electron chi connectivity index (χ3n) is 2.29. The number of para-hydroxylation sites is 1. The smallest absolute Gasteiger partial charge is 0.311 e. The molecule has 0 spiro atoms. The van der Waals surface area contributed by atoms with Gasteiger partial charge in [0.2, 0.25) is 5.75 Å². The molecule has 0 unspecified atom stereocenters. The number of methoxy groups -OCH3 is 1. The molecule has 0 N–H and O–H groups in total. The van der Waals surface area contributed by atoms with Gasteiger partial charge < -0.3 is 9.15 Å². The van der Waals surface area contributed by atoms with E-state index in [2.05, 4.69) is 4.98 Å². The molecule has 1 aromatic heterocycles. The van der Waals surface area contributed by atoms with Crippen LogP contribution in [-0.2, 0) is 0 Å². The highest BCUT2D eigenvalue weighted by Gasteiger charge is 2.20. The zero-order valence-corrected chi connectivity index (χ0v) is 9.34. The molecule has 88 valence electrons. The van der Waals surface area contributed by atoms with E-state index in [0.717, 1.165) is 0 Å². The van der Waals surface area contributed by atoms with Crippen LogP contribution in [0.4, 0.5) is 5.69 Å². The Balaban J connectivity index is 2.61. The Morgan fingerprint density at radius 3 is 2.76 bits per heavy atom. The summed E-state index contributed by atoms with van der Waals surface area (Å²) < 4.78 is 10.2. The summed E-state index contributed by atoms with van der Waals surface area (Å²) in [6.07, 6.45) is 1.44. The Kier molecular flexibility index (Phi) is 2.78. The summed E-state index contributed by atoms with van der Waals surface area (Å²) in [6.45, 7) is 1.70. The number of hydrogen-bond donors (Lipinski definition) is 0. The average Bonchev–Trinajstić information content (AvgIpc) is 2.74. The molecule has 0 saturated heterocycles. The number of nitro groups is 1. The lowest BCUT2D eigenvalue weighted by Gasteiger charge is -2.05. The molecule has 0 fully saturated rings. The van der Waals surface area contributed by atoms with Gasteiger partial charge in [0, 0.05) is 13.0 Å². The van der Waals surface area contributed by atoms with Gasteiger partial charge in [-0.2, -0.15) is 0 Å². The first kappa shape index (κ1) is 11.1. The maximum atomic E-state index is 10.9. The standard InChI is InChI=1S/C11H10N2O4/c1-7-12-9(6-17-7)8-4-3-5-10(13(14)15)11(8)16-2/h3-6H,1-2H3. The minimum atomic E-state index is -0.491. The van der Waals surface area contributed by atoms with Crippen LogP contribution in [0.15, 0.2) is 28.9 Å². The molecule has 6 nitrogen and oxygen atoms in total. The van der Waals surface area contributed by atoms with Crippen molar-refractivity contribution in [3.8, 4) is 17.0 Å². The molecule has 6 heteroatoms. The van der Waals surface area contributed by atoms with Crippen LogP contribution in [0.5, 0.6) is 5.75 Å². The fourth-order valence-electron chi connectivity index (χ4n) is 1.57. The van der Waals surface area contributed by atoms with E-state index < -0.39 is 4.92 Å². The van der Waals surface area contributed by atoms with Crippen LogP contribution in [0.2, 0.25) is 0 Å². The summed E-state index contributed by atoms with van der Waals surface area (Å²) in [4.78, 5) is 14.5. The van der Waals surface area contributed by atoms with Crippen LogP contribution in [0.25, 0.3) is 11.3 Å². The average molecular weight is 234 g/mol. The first-order valence-electron chi connectivity index (χ1n) is 4.87. The maximum absolute atomic E-state index is 10.9. The molecule has 0 radical (unpaired) electrons. The number of ether oxygens (including phenoxy) is 1. The molecule has 17 heavy (non-hydrogen) atoms. The van der Waals surface area contributed by atoms with Gasteiger partial charge in [0.15, 0.2) is 5.89 Å². The Morgan fingerprint density at radius 2 is 2.24 bits per heavy atom. The van der Waals surface area contributed by atoms with E-state index in [9.17, 15) is 10.1 Å². The van der Waals surface area contributed by atoms with Crippen LogP contribution >= 0.6 is 0 Å². The van der Waals surface area contributed by atoms with E-state index in [0.29, 0.717) is 17.1 Å². The van der Waals surface area contributed by atoms with Crippen LogP contribution in [-0.4, -0.2) is 17.0 Å². The lowest BCUT2D eigenvalue weighted by molar-refractivity contribution is -0.385. The normalized spacial score (nSPS) is 10.2. The van der Waals surface area contributed by atoms with E-state index in [4.69, 9.17) is 9.15 Å². The number of oxazole rings is 1. The second-order valence-electron chi connectivity index (χ2n) is 3.37. The van der Waals surface area contributed by atoms with Crippen LogP contribution < -0.4 is 4.74 Å². The molecule has 0 aliphatic heterocycles. The van der Waals surface area contributed by atoms with Gasteiger partial charge in [0.25, 0.3) is 0 Å². The second kappa shape index (κ2) is 4.25. The van der Waals surface area contributed by atoms with Crippen molar-refractivity contribution in [3.05, 3.63) is 40.5 Å². The number of nitro benzene ring substituents is 1. The van der Waals surface area contributed by atoms with Crippen molar-refractivity contribution in [1.29, 1.82) is 0 Å². The molecule has 0 saturated carbocycles. The van der Waals surface area contributed by atoms with E-state index in [1.165, 1.54) is 19.4 Å². The summed E-state index contributed by atoms with van der Waals surface area (Å²) in [7, 11) is 1.39. The van der Waals surface area contributed by atoms with Gasteiger partial charge >= 0.3 is 5.69 Å². The van der Waals surface area contributed by atoms with Crippen LogP contribution in [0.3, 0.4) is 0 Å². The van der Waals surface area contributed by atoms with Crippen molar-refractivity contribution in [2.45, 2.75) is 6.92 Å². The molecular weight excluding hydrogens is 224 g/mol. The molecule has 0 atom stereocenters. The molecule has 1 aromatic carbocycles. The van der Waals surface area contributed by atoms with Crippen molar-refractivity contribution in [2.75, 3.05) is 7.11 Å². The molecule has 0 aliphatic rings. The summed E-state index contributed by atoms with van der Waals surface area (Å²) in [5.74, 6) is 0.680. The summed E-state index contributed by atoms with van der Waals surface area (Å²) >= 11 is 0. The van der Waals surface area contributed by atoms with Crippen molar-refractivity contribution >= 4 is 5.69 Å². The van der Waals surface area contributed by atoms with E-state index in [-0.39, 0.29) is 11.4 Å². The monoisotopic (exact) mass is 234 g/mol. The number of aromatic nitrogens is 1. The first-order chi connectivity index (χ1) is 8.13. The topological polar surface area (TPSA) is 78.4 Å². The Bertz CT molecular complexity index is 562. The van der Waals surface area contributed by atoms with E-state index in [1.54, 1.807) is 19.1 Å².